The van der Waals surface area contributed by atoms with Crippen molar-refractivity contribution in [3.8, 4) is 11.4 Å². The summed E-state index contributed by atoms with van der Waals surface area (Å²) < 4.78 is 0. The first-order chi connectivity index (χ1) is 12.5. The molecule has 0 atom stereocenters. The standard InChI is InChI=1S/C20H12N2O4/c23-19(24)13-9-17(21-15-7-3-1-5-11(13)15)18-10-14(20(25)26)12-6-2-4-8-16(12)22-18/h1-10H,(H,23,24)(H,25,26)/p-1. The number of benzene rings is 2. The Morgan fingerprint density at radius 3 is 1.73 bits per heavy atom. The minimum Gasteiger partial charge on any atom is -0.545 e. The van der Waals surface area contributed by atoms with Crippen LogP contribution < -0.4 is 5.11 Å². The summed E-state index contributed by atoms with van der Waals surface area (Å²) in [7, 11) is 0. The molecule has 6 heteroatoms. The van der Waals surface area contributed by atoms with Crippen LogP contribution in [-0.2, 0) is 0 Å². The molecule has 0 saturated carbocycles. The van der Waals surface area contributed by atoms with E-state index in [9.17, 15) is 19.8 Å². The predicted octanol–water partition coefficient (Wildman–Crippen LogP) is 2.51. The first kappa shape index (κ1) is 15.7. The zero-order valence-electron chi connectivity index (χ0n) is 13.3. The number of carbonyl (C=O) groups is 2. The van der Waals surface area contributed by atoms with Gasteiger partial charge in [0.05, 0.1) is 34.0 Å². The van der Waals surface area contributed by atoms with E-state index in [4.69, 9.17) is 0 Å². The number of carboxylic acids is 2. The van der Waals surface area contributed by atoms with Crippen LogP contribution in [0.4, 0.5) is 0 Å². The van der Waals surface area contributed by atoms with E-state index in [0.717, 1.165) is 0 Å². The van der Waals surface area contributed by atoms with Crippen molar-refractivity contribution in [2.24, 2.45) is 0 Å². The summed E-state index contributed by atoms with van der Waals surface area (Å²) in [5.74, 6) is -2.42. The highest BCUT2D eigenvalue weighted by Crippen LogP contribution is 2.27. The molecule has 126 valence electrons. The van der Waals surface area contributed by atoms with E-state index in [-0.39, 0.29) is 22.5 Å². The lowest BCUT2D eigenvalue weighted by molar-refractivity contribution is -0.254. The van der Waals surface area contributed by atoms with E-state index in [1.165, 1.54) is 12.1 Å². The fourth-order valence-electron chi connectivity index (χ4n) is 2.96. The van der Waals surface area contributed by atoms with Gasteiger partial charge in [-0.3, -0.25) is 0 Å². The molecule has 26 heavy (non-hydrogen) atoms. The van der Waals surface area contributed by atoms with Crippen molar-refractivity contribution in [3.63, 3.8) is 0 Å². The van der Waals surface area contributed by atoms with Crippen LogP contribution in [0.2, 0.25) is 0 Å². The third-order valence-corrected chi connectivity index (χ3v) is 4.15. The van der Waals surface area contributed by atoms with Crippen LogP contribution in [0, 0.1) is 0 Å². The normalized spacial score (nSPS) is 10.9. The van der Waals surface area contributed by atoms with Crippen LogP contribution in [0.1, 0.15) is 20.7 Å². The minimum atomic E-state index is -1.33. The Bertz CT molecular complexity index is 1110. The fraction of sp³-hybridized carbons (Fsp3) is 0. The van der Waals surface area contributed by atoms with Gasteiger partial charge in [0, 0.05) is 16.3 Å². The third-order valence-electron chi connectivity index (χ3n) is 4.15. The zero-order valence-corrected chi connectivity index (χ0v) is 13.3. The van der Waals surface area contributed by atoms with E-state index in [2.05, 4.69) is 9.97 Å². The van der Waals surface area contributed by atoms with Crippen molar-refractivity contribution in [2.45, 2.75) is 0 Å². The largest absolute Gasteiger partial charge is 0.545 e. The summed E-state index contributed by atoms with van der Waals surface area (Å²) in [5.41, 5.74) is 1.59. The van der Waals surface area contributed by atoms with Crippen LogP contribution in [-0.4, -0.2) is 27.0 Å². The Labute approximate surface area is 147 Å². The number of carbonyl (C=O) groups excluding carboxylic acids is 1. The van der Waals surface area contributed by atoms with Gasteiger partial charge < -0.3 is 15.0 Å². The molecule has 2 heterocycles. The zero-order chi connectivity index (χ0) is 18.3. The second kappa shape index (κ2) is 5.93. The Morgan fingerprint density at radius 2 is 1.23 bits per heavy atom. The number of aromatic carboxylic acids is 2. The van der Waals surface area contributed by atoms with Crippen molar-refractivity contribution < 1.29 is 19.8 Å². The molecule has 0 aliphatic rings. The molecule has 0 bridgehead atoms. The monoisotopic (exact) mass is 343 g/mol. The molecule has 0 radical (unpaired) electrons. The molecule has 6 nitrogen and oxygen atoms in total. The molecule has 1 N–H and O–H groups in total. The summed E-state index contributed by atoms with van der Waals surface area (Å²) >= 11 is 0. The molecule has 0 unspecified atom stereocenters. The molecule has 4 aromatic rings. The fourth-order valence-corrected chi connectivity index (χ4v) is 2.96. The Hall–Kier alpha value is -3.80. The van der Waals surface area contributed by atoms with Crippen molar-refractivity contribution in [2.75, 3.05) is 0 Å². The van der Waals surface area contributed by atoms with E-state index in [1.807, 2.05) is 0 Å². The topological polar surface area (TPSA) is 103 Å². The highest BCUT2D eigenvalue weighted by Gasteiger charge is 2.15. The lowest BCUT2D eigenvalue weighted by Crippen LogP contribution is -2.22. The maximum absolute atomic E-state index is 11.6. The van der Waals surface area contributed by atoms with Crippen molar-refractivity contribution in [1.29, 1.82) is 0 Å². The smallest absolute Gasteiger partial charge is 0.336 e. The number of pyridine rings is 2. The molecule has 2 aromatic heterocycles. The van der Waals surface area contributed by atoms with Crippen molar-refractivity contribution >= 4 is 33.7 Å². The molecule has 0 spiro atoms. The number of aromatic nitrogens is 2. The highest BCUT2D eigenvalue weighted by molar-refractivity contribution is 6.05. The summed E-state index contributed by atoms with van der Waals surface area (Å²) in [6.07, 6.45) is 0. The number of fused-ring (bicyclic) bond motifs is 2. The molecule has 0 aliphatic heterocycles. The molecule has 0 fully saturated rings. The number of rotatable bonds is 3. The van der Waals surface area contributed by atoms with Gasteiger partial charge in [0.25, 0.3) is 0 Å². The highest BCUT2D eigenvalue weighted by atomic mass is 16.4. The van der Waals surface area contributed by atoms with E-state index in [1.54, 1.807) is 48.5 Å². The number of hydrogen-bond donors (Lipinski definition) is 1. The van der Waals surface area contributed by atoms with Gasteiger partial charge in [0.2, 0.25) is 0 Å². The second-order valence-corrected chi connectivity index (χ2v) is 5.74. The van der Waals surface area contributed by atoms with Gasteiger partial charge in [-0.05, 0) is 24.3 Å². The Morgan fingerprint density at radius 1 is 0.769 bits per heavy atom. The summed E-state index contributed by atoms with van der Waals surface area (Å²) in [6, 6.07) is 16.4. The summed E-state index contributed by atoms with van der Waals surface area (Å²) in [4.78, 5) is 32.1. The molecule has 0 amide bonds. The minimum absolute atomic E-state index is 0.0163. The first-order valence-electron chi connectivity index (χ1n) is 7.79. The van der Waals surface area contributed by atoms with E-state index >= 15 is 0 Å². The summed E-state index contributed by atoms with van der Waals surface area (Å²) in [6.45, 7) is 0. The lowest BCUT2D eigenvalue weighted by atomic mass is 10.0. The van der Waals surface area contributed by atoms with Crippen molar-refractivity contribution in [3.05, 3.63) is 71.8 Å². The molecular weight excluding hydrogens is 332 g/mol. The second-order valence-electron chi connectivity index (χ2n) is 5.74. The van der Waals surface area contributed by atoms with Gasteiger partial charge in [-0.2, -0.15) is 0 Å². The van der Waals surface area contributed by atoms with Gasteiger partial charge in [-0.25, -0.2) is 14.8 Å². The van der Waals surface area contributed by atoms with Crippen LogP contribution in [0.15, 0.2) is 60.7 Å². The number of hydrogen-bond acceptors (Lipinski definition) is 5. The van der Waals surface area contributed by atoms with Crippen molar-refractivity contribution in [1.82, 2.24) is 9.97 Å². The number of nitrogens with zero attached hydrogens (tertiary/aromatic N) is 2. The van der Waals surface area contributed by atoms with E-state index < -0.39 is 11.9 Å². The first-order valence-corrected chi connectivity index (χ1v) is 7.79. The lowest BCUT2D eigenvalue weighted by Gasteiger charge is -2.11. The molecule has 0 saturated heterocycles. The molecule has 0 aliphatic carbocycles. The predicted molar refractivity (Wildman–Crippen MR) is 93.8 cm³/mol. The molecule has 2 aromatic carbocycles. The molecule has 4 rings (SSSR count). The quantitative estimate of drug-likeness (QED) is 0.613. The Balaban J connectivity index is 2.04. The average Bonchev–Trinajstić information content (AvgIpc) is 2.66. The van der Waals surface area contributed by atoms with Gasteiger partial charge >= 0.3 is 5.97 Å². The van der Waals surface area contributed by atoms with Gasteiger partial charge in [0.1, 0.15) is 0 Å². The molecular formula is C20H11N2O4-. The third kappa shape index (κ3) is 2.53. The Kier molecular flexibility index (Phi) is 3.58. The van der Waals surface area contributed by atoms with Crippen LogP contribution >= 0.6 is 0 Å². The maximum atomic E-state index is 11.6. The van der Waals surface area contributed by atoms with Crippen LogP contribution in [0.25, 0.3) is 33.2 Å². The maximum Gasteiger partial charge on any atom is 0.336 e. The SMILES string of the molecule is O=C([O-])c1cc(-c2cc(C(=O)O)c3ccccc3n2)nc2ccccc12. The van der Waals surface area contributed by atoms with Gasteiger partial charge in [-0.15, -0.1) is 0 Å². The summed E-state index contributed by atoms with van der Waals surface area (Å²) in [5, 5.41) is 22.0. The van der Waals surface area contributed by atoms with Gasteiger partial charge in [-0.1, -0.05) is 36.4 Å². The van der Waals surface area contributed by atoms with E-state index in [0.29, 0.717) is 21.8 Å². The number of para-hydroxylation sites is 2. The average molecular weight is 343 g/mol. The van der Waals surface area contributed by atoms with Gasteiger partial charge in [0.15, 0.2) is 0 Å². The number of carboxylic acid groups (broad SMARTS) is 2. The van der Waals surface area contributed by atoms with Crippen LogP contribution in [0.5, 0.6) is 0 Å². The van der Waals surface area contributed by atoms with Crippen LogP contribution in [0.3, 0.4) is 0 Å².